The van der Waals surface area contributed by atoms with Crippen LogP contribution in [-0.2, 0) is 14.8 Å². The minimum atomic E-state index is -3.52. The fourth-order valence-corrected chi connectivity index (χ4v) is 3.46. The van der Waals surface area contributed by atoms with Crippen molar-refractivity contribution in [3.63, 3.8) is 0 Å². The maximum Gasteiger partial charge on any atom is 0.328 e. The Kier molecular flexibility index (Phi) is 6.94. The van der Waals surface area contributed by atoms with Crippen molar-refractivity contribution in [1.82, 2.24) is 4.72 Å². The first-order valence-electron chi connectivity index (χ1n) is 6.35. The second-order valence-electron chi connectivity index (χ2n) is 4.65. The molecule has 0 saturated heterocycles. The highest BCUT2D eigenvalue weighted by Gasteiger charge is 2.14. The van der Waals surface area contributed by atoms with Gasteiger partial charge in [-0.2, -0.15) is 11.8 Å². The third-order valence-electron chi connectivity index (χ3n) is 2.68. The van der Waals surface area contributed by atoms with Gasteiger partial charge in [-0.05, 0) is 41.7 Å². The number of carbonyl (C=O) groups is 1. The molecule has 0 heterocycles. The average molecular weight is 329 g/mol. The first kappa shape index (κ1) is 17.7. The Morgan fingerprint density at radius 1 is 1.38 bits per heavy atom. The van der Waals surface area contributed by atoms with Crippen molar-refractivity contribution in [1.29, 1.82) is 0 Å². The quantitative estimate of drug-likeness (QED) is 0.713. The van der Waals surface area contributed by atoms with Gasteiger partial charge < -0.3 is 5.11 Å². The lowest BCUT2D eigenvalue weighted by atomic mass is 10.2. The molecule has 0 amide bonds. The van der Waals surface area contributed by atoms with Gasteiger partial charge in [0.15, 0.2) is 0 Å². The van der Waals surface area contributed by atoms with Crippen molar-refractivity contribution < 1.29 is 18.3 Å². The van der Waals surface area contributed by atoms with E-state index in [0.717, 1.165) is 11.8 Å². The summed E-state index contributed by atoms with van der Waals surface area (Å²) in [7, 11) is -3.52. The first-order chi connectivity index (χ1) is 9.85. The fraction of sp³-hybridized carbons (Fsp3) is 0.357. The Balaban J connectivity index is 2.73. The van der Waals surface area contributed by atoms with Gasteiger partial charge in [0.1, 0.15) is 0 Å². The van der Waals surface area contributed by atoms with Gasteiger partial charge in [0, 0.05) is 12.6 Å². The van der Waals surface area contributed by atoms with Crippen LogP contribution in [0.3, 0.4) is 0 Å². The van der Waals surface area contributed by atoms with Gasteiger partial charge in [-0.1, -0.05) is 19.1 Å². The molecule has 1 aromatic carbocycles. The second kappa shape index (κ2) is 8.21. The van der Waals surface area contributed by atoms with Crippen molar-refractivity contribution >= 4 is 33.8 Å². The molecule has 1 aromatic rings. The highest BCUT2D eigenvalue weighted by molar-refractivity contribution is 7.98. The minimum absolute atomic E-state index is 0.173. The lowest BCUT2D eigenvalue weighted by Crippen LogP contribution is -2.29. The molecule has 7 heteroatoms. The van der Waals surface area contributed by atoms with E-state index in [-0.39, 0.29) is 10.8 Å². The molecule has 0 fully saturated rings. The molecule has 5 nitrogen and oxygen atoms in total. The molecular formula is C14H19NO4S2. The first-order valence-corrected chi connectivity index (χ1v) is 9.22. The van der Waals surface area contributed by atoms with Gasteiger partial charge >= 0.3 is 5.97 Å². The van der Waals surface area contributed by atoms with Crippen molar-refractivity contribution in [2.24, 2.45) is 5.92 Å². The standard InChI is InChI=1S/C14H19NO4S2/c1-11(10-20-2)9-15-21(18,19)13-6-3-12(4-7-13)5-8-14(16)17/h3-8,11,15H,9-10H2,1-2H3,(H,16,17). The summed E-state index contributed by atoms with van der Waals surface area (Å²) in [5.74, 6) is 0.102. The maximum absolute atomic E-state index is 12.1. The van der Waals surface area contributed by atoms with E-state index < -0.39 is 16.0 Å². The molecule has 0 bridgehead atoms. The maximum atomic E-state index is 12.1. The summed E-state index contributed by atoms with van der Waals surface area (Å²) in [5.41, 5.74) is 0.632. The molecule has 1 atom stereocenters. The Labute approximate surface area is 129 Å². The van der Waals surface area contributed by atoms with Gasteiger partial charge in [-0.15, -0.1) is 0 Å². The summed E-state index contributed by atoms with van der Waals surface area (Å²) < 4.78 is 26.8. The van der Waals surface area contributed by atoms with Crippen LogP contribution in [-0.4, -0.2) is 38.0 Å². The summed E-state index contributed by atoms with van der Waals surface area (Å²) in [6, 6.07) is 6.06. The molecule has 1 rings (SSSR count). The van der Waals surface area contributed by atoms with Gasteiger partial charge in [0.2, 0.25) is 10.0 Å². The molecule has 0 aromatic heterocycles. The summed E-state index contributed by atoms with van der Waals surface area (Å²) in [5, 5.41) is 8.53. The topological polar surface area (TPSA) is 83.5 Å². The van der Waals surface area contributed by atoms with Crippen LogP contribution >= 0.6 is 11.8 Å². The zero-order chi connectivity index (χ0) is 15.9. The van der Waals surface area contributed by atoms with Gasteiger partial charge in [-0.3, -0.25) is 0 Å². The van der Waals surface area contributed by atoms with E-state index in [1.165, 1.54) is 18.2 Å². The zero-order valence-corrected chi connectivity index (χ0v) is 13.6. The molecule has 0 spiro atoms. The lowest BCUT2D eigenvalue weighted by Gasteiger charge is -2.11. The lowest BCUT2D eigenvalue weighted by molar-refractivity contribution is -0.131. The van der Waals surface area contributed by atoms with E-state index in [9.17, 15) is 13.2 Å². The number of hydrogen-bond acceptors (Lipinski definition) is 4. The molecule has 0 saturated carbocycles. The highest BCUT2D eigenvalue weighted by Crippen LogP contribution is 2.12. The molecule has 116 valence electrons. The number of thioether (sulfide) groups is 1. The van der Waals surface area contributed by atoms with Crippen LogP contribution in [0, 0.1) is 5.92 Å². The Morgan fingerprint density at radius 3 is 2.52 bits per heavy atom. The van der Waals surface area contributed by atoms with Crippen molar-refractivity contribution in [2.75, 3.05) is 18.6 Å². The molecule has 0 radical (unpaired) electrons. The predicted octanol–water partition coefficient (Wildman–Crippen LogP) is 2.06. The van der Waals surface area contributed by atoms with E-state index in [1.807, 2.05) is 13.2 Å². The highest BCUT2D eigenvalue weighted by atomic mass is 32.2. The summed E-state index contributed by atoms with van der Waals surface area (Å²) >= 11 is 1.68. The number of carboxylic acid groups (broad SMARTS) is 1. The van der Waals surface area contributed by atoms with E-state index in [1.54, 1.807) is 23.9 Å². The number of nitrogens with one attached hydrogen (secondary N) is 1. The minimum Gasteiger partial charge on any atom is -0.478 e. The number of rotatable bonds is 8. The largest absolute Gasteiger partial charge is 0.478 e. The van der Waals surface area contributed by atoms with Gasteiger partial charge in [0.05, 0.1) is 4.90 Å². The number of hydrogen-bond donors (Lipinski definition) is 2. The van der Waals surface area contributed by atoms with E-state index >= 15 is 0 Å². The van der Waals surface area contributed by atoms with Gasteiger partial charge in [-0.25, -0.2) is 17.9 Å². The Hall–Kier alpha value is -1.31. The Morgan fingerprint density at radius 2 is 2.00 bits per heavy atom. The van der Waals surface area contributed by atoms with Crippen molar-refractivity contribution in [3.8, 4) is 0 Å². The van der Waals surface area contributed by atoms with Crippen molar-refractivity contribution in [3.05, 3.63) is 35.9 Å². The molecular weight excluding hydrogens is 310 g/mol. The molecule has 0 aliphatic rings. The predicted molar refractivity (Wildman–Crippen MR) is 85.8 cm³/mol. The third-order valence-corrected chi connectivity index (χ3v) is 5.02. The van der Waals surface area contributed by atoms with Crippen LogP contribution < -0.4 is 4.72 Å². The second-order valence-corrected chi connectivity index (χ2v) is 7.33. The number of sulfonamides is 1. The smallest absolute Gasteiger partial charge is 0.328 e. The van der Waals surface area contributed by atoms with E-state index in [0.29, 0.717) is 12.1 Å². The molecule has 0 aliphatic carbocycles. The van der Waals surface area contributed by atoms with Crippen LogP contribution in [0.2, 0.25) is 0 Å². The molecule has 2 N–H and O–H groups in total. The van der Waals surface area contributed by atoms with E-state index in [2.05, 4.69) is 4.72 Å². The van der Waals surface area contributed by atoms with Crippen LogP contribution in [0.15, 0.2) is 35.2 Å². The van der Waals surface area contributed by atoms with Crippen LogP contribution in [0.4, 0.5) is 0 Å². The zero-order valence-electron chi connectivity index (χ0n) is 11.9. The monoisotopic (exact) mass is 329 g/mol. The molecule has 1 unspecified atom stereocenters. The summed E-state index contributed by atoms with van der Waals surface area (Å²) in [6.45, 7) is 2.38. The fourth-order valence-electron chi connectivity index (χ4n) is 1.60. The number of carboxylic acids is 1. The average Bonchev–Trinajstić information content (AvgIpc) is 2.44. The Bertz CT molecular complexity index is 594. The molecule has 0 aliphatic heterocycles. The van der Waals surface area contributed by atoms with Crippen LogP contribution in [0.5, 0.6) is 0 Å². The van der Waals surface area contributed by atoms with E-state index in [4.69, 9.17) is 5.11 Å². The number of aliphatic carboxylic acids is 1. The number of benzene rings is 1. The summed E-state index contributed by atoms with van der Waals surface area (Å²) in [4.78, 5) is 10.6. The van der Waals surface area contributed by atoms with Gasteiger partial charge in [0.25, 0.3) is 0 Å². The normalized spacial score (nSPS) is 13.4. The third kappa shape index (κ3) is 6.33. The molecule has 21 heavy (non-hydrogen) atoms. The van der Waals surface area contributed by atoms with Crippen LogP contribution in [0.25, 0.3) is 6.08 Å². The van der Waals surface area contributed by atoms with Crippen molar-refractivity contribution in [2.45, 2.75) is 11.8 Å². The summed E-state index contributed by atoms with van der Waals surface area (Å²) in [6.07, 6.45) is 4.40. The SMILES string of the molecule is CSCC(C)CNS(=O)(=O)c1ccc(C=CC(=O)O)cc1. The van der Waals surface area contributed by atoms with Crippen LogP contribution in [0.1, 0.15) is 12.5 Å².